The van der Waals surface area contributed by atoms with Gasteiger partial charge in [0, 0.05) is 17.0 Å². The molecule has 1 N–H and O–H groups in total. The minimum atomic E-state index is 0.0117. The highest BCUT2D eigenvalue weighted by Gasteiger charge is 2.24. The number of rotatable bonds is 3. The summed E-state index contributed by atoms with van der Waals surface area (Å²) in [6, 6.07) is 7.42. The van der Waals surface area contributed by atoms with Crippen molar-refractivity contribution in [3.8, 4) is 11.4 Å². The maximum Gasteiger partial charge on any atom is 0.209 e. The molecule has 1 aromatic carbocycles. The van der Waals surface area contributed by atoms with Gasteiger partial charge in [-0.25, -0.2) is 4.98 Å². The first-order chi connectivity index (χ1) is 9.72. The van der Waals surface area contributed by atoms with Crippen LogP contribution in [0.25, 0.3) is 11.4 Å². The number of H-pyrrole nitrogens is 1. The first kappa shape index (κ1) is 13.6. The van der Waals surface area contributed by atoms with Gasteiger partial charge < -0.3 is 0 Å². The predicted molar refractivity (Wildman–Crippen MR) is 79.9 cm³/mol. The Morgan fingerprint density at radius 2 is 2.05 bits per heavy atom. The van der Waals surface area contributed by atoms with Gasteiger partial charge in [-0.3, -0.25) is 9.89 Å². The van der Waals surface area contributed by atoms with Crippen LogP contribution in [0.3, 0.4) is 0 Å². The molecule has 1 aromatic heterocycles. The number of ketones is 1. The Morgan fingerprint density at radius 3 is 2.80 bits per heavy atom. The minimum absolute atomic E-state index is 0.0117. The van der Waals surface area contributed by atoms with Crippen molar-refractivity contribution in [2.75, 3.05) is 0 Å². The molecule has 1 saturated carbocycles. The van der Waals surface area contributed by atoms with Crippen LogP contribution in [0.15, 0.2) is 29.4 Å². The molecular formula is C14H14ClN3OS. The lowest BCUT2D eigenvalue weighted by molar-refractivity contribution is -0.119. The van der Waals surface area contributed by atoms with Crippen LogP contribution >= 0.6 is 23.4 Å². The average molecular weight is 308 g/mol. The van der Waals surface area contributed by atoms with Crippen molar-refractivity contribution < 1.29 is 4.79 Å². The van der Waals surface area contributed by atoms with Gasteiger partial charge in [0.15, 0.2) is 5.82 Å². The molecule has 0 amide bonds. The molecule has 1 fully saturated rings. The van der Waals surface area contributed by atoms with E-state index in [4.69, 9.17) is 11.6 Å². The van der Waals surface area contributed by atoms with E-state index in [1.807, 2.05) is 24.3 Å². The van der Waals surface area contributed by atoms with Crippen LogP contribution in [0.4, 0.5) is 0 Å². The van der Waals surface area contributed by atoms with E-state index in [0.717, 1.165) is 24.8 Å². The SMILES string of the molecule is O=C1CCCCC1Sc1n[nH]c(-c2ccc(Cl)cc2)n1. The van der Waals surface area contributed by atoms with Gasteiger partial charge in [-0.05, 0) is 37.1 Å². The lowest BCUT2D eigenvalue weighted by Gasteiger charge is -2.17. The van der Waals surface area contributed by atoms with E-state index < -0.39 is 0 Å². The number of aromatic nitrogens is 3. The Balaban J connectivity index is 1.73. The summed E-state index contributed by atoms with van der Waals surface area (Å²) in [5.41, 5.74) is 0.934. The molecule has 1 heterocycles. The van der Waals surface area contributed by atoms with Gasteiger partial charge in [-0.15, -0.1) is 5.10 Å². The van der Waals surface area contributed by atoms with Crippen molar-refractivity contribution in [2.24, 2.45) is 0 Å². The lowest BCUT2D eigenvalue weighted by atomic mass is 9.99. The van der Waals surface area contributed by atoms with Crippen LogP contribution in [0.5, 0.6) is 0 Å². The molecule has 2 aromatic rings. The molecule has 0 radical (unpaired) electrons. The highest BCUT2D eigenvalue weighted by Crippen LogP contribution is 2.30. The summed E-state index contributed by atoms with van der Waals surface area (Å²) >= 11 is 7.32. The third-order valence-corrected chi connectivity index (χ3v) is 4.76. The Hall–Kier alpha value is -1.33. The number of carbonyl (C=O) groups excluding carboxylic acids is 1. The number of thioether (sulfide) groups is 1. The number of nitrogens with zero attached hydrogens (tertiary/aromatic N) is 2. The summed E-state index contributed by atoms with van der Waals surface area (Å²) in [5, 5.41) is 8.43. The second-order valence-corrected chi connectivity index (χ2v) is 6.40. The van der Waals surface area contributed by atoms with Gasteiger partial charge in [0.25, 0.3) is 0 Å². The van der Waals surface area contributed by atoms with Crippen molar-refractivity contribution in [2.45, 2.75) is 36.1 Å². The second kappa shape index (κ2) is 5.97. The van der Waals surface area contributed by atoms with Crippen molar-refractivity contribution >= 4 is 29.1 Å². The van der Waals surface area contributed by atoms with Crippen LogP contribution < -0.4 is 0 Å². The number of nitrogens with one attached hydrogen (secondary N) is 1. The van der Waals surface area contributed by atoms with Gasteiger partial charge in [-0.1, -0.05) is 29.8 Å². The Kier molecular flexibility index (Phi) is 4.08. The maximum atomic E-state index is 11.8. The van der Waals surface area contributed by atoms with Crippen molar-refractivity contribution in [1.82, 2.24) is 15.2 Å². The molecule has 4 nitrogen and oxygen atoms in total. The quantitative estimate of drug-likeness (QED) is 0.938. The molecule has 1 aliphatic carbocycles. The van der Waals surface area contributed by atoms with Crippen LogP contribution in [0, 0.1) is 0 Å². The Labute approximate surface area is 126 Å². The first-order valence-corrected chi connectivity index (χ1v) is 7.86. The number of hydrogen-bond donors (Lipinski definition) is 1. The van der Waals surface area contributed by atoms with Crippen LogP contribution in [0.2, 0.25) is 5.02 Å². The zero-order valence-corrected chi connectivity index (χ0v) is 12.4. The smallest absolute Gasteiger partial charge is 0.209 e. The number of Topliss-reactive ketones (excluding diaryl/α,β-unsaturated/α-hetero) is 1. The third kappa shape index (κ3) is 3.04. The van der Waals surface area contributed by atoms with Crippen molar-refractivity contribution in [3.63, 3.8) is 0 Å². The minimum Gasteiger partial charge on any atom is -0.298 e. The molecule has 0 spiro atoms. The van der Waals surface area contributed by atoms with Gasteiger partial charge >= 0.3 is 0 Å². The number of carbonyl (C=O) groups is 1. The maximum absolute atomic E-state index is 11.8. The van der Waals surface area contributed by atoms with E-state index in [0.29, 0.717) is 28.2 Å². The zero-order chi connectivity index (χ0) is 13.9. The predicted octanol–water partition coefficient (Wildman–Crippen LogP) is 3.73. The van der Waals surface area contributed by atoms with E-state index >= 15 is 0 Å². The average Bonchev–Trinajstić information content (AvgIpc) is 2.91. The molecule has 3 rings (SSSR count). The molecule has 0 bridgehead atoms. The molecule has 0 saturated heterocycles. The second-order valence-electron chi connectivity index (χ2n) is 4.79. The summed E-state index contributed by atoms with van der Waals surface area (Å²) < 4.78 is 0. The third-order valence-electron chi connectivity index (χ3n) is 3.33. The molecule has 0 aliphatic heterocycles. The number of hydrogen-bond acceptors (Lipinski definition) is 4. The van der Waals surface area contributed by atoms with E-state index in [1.54, 1.807) is 0 Å². The fourth-order valence-electron chi connectivity index (χ4n) is 2.24. The summed E-state index contributed by atoms with van der Waals surface area (Å²) in [5.74, 6) is 1.02. The summed E-state index contributed by atoms with van der Waals surface area (Å²) in [6.07, 6.45) is 3.73. The van der Waals surface area contributed by atoms with Gasteiger partial charge in [-0.2, -0.15) is 0 Å². The molecule has 104 valence electrons. The van der Waals surface area contributed by atoms with E-state index in [1.165, 1.54) is 11.8 Å². The molecule has 1 aliphatic rings. The monoisotopic (exact) mass is 307 g/mol. The van der Waals surface area contributed by atoms with E-state index in [2.05, 4.69) is 15.2 Å². The van der Waals surface area contributed by atoms with Crippen LogP contribution in [-0.2, 0) is 4.79 Å². The fraction of sp³-hybridized carbons (Fsp3) is 0.357. The van der Waals surface area contributed by atoms with E-state index in [9.17, 15) is 4.79 Å². The Morgan fingerprint density at radius 1 is 1.25 bits per heavy atom. The van der Waals surface area contributed by atoms with Crippen LogP contribution in [-0.4, -0.2) is 26.2 Å². The number of benzene rings is 1. The Bertz CT molecular complexity index is 611. The summed E-state index contributed by atoms with van der Waals surface area (Å²) in [4.78, 5) is 16.3. The van der Waals surface area contributed by atoms with Gasteiger partial charge in [0.1, 0.15) is 5.78 Å². The van der Waals surface area contributed by atoms with Crippen LogP contribution in [0.1, 0.15) is 25.7 Å². The van der Waals surface area contributed by atoms with Gasteiger partial charge in [0.2, 0.25) is 5.16 Å². The molecule has 20 heavy (non-hydrogen) atoms. The zero-order valence-electron chi connectivity index (χ0n) is 10.8. The lowest BCUT2D eigenvalue weighted by Crippen LogP contribution is -2.21. The molecule has 1 unspecified atom stereocenters. The fourth-order valence-corrected chi connectivity index (χ4v) is 3.40. The normalized spacial score (nSPS) is 19.2. The van der Waals surface area contributed by atoms with Crippen molar-refractivity contribution in [3.05, 3.63) is 29.3 Å². The molecule has 6 heteroatoms. The molecular weight excluding hydrogens is 294 g/mol. The van der Waals surface area contributed by atoms with Crippen molar-refractivity contribution in [1.29, 1.82) is 0 Å². The summed E-state index contributed by atoms with van der Waals surface area (Å²) in [7, 11) is 0. The highest BCUT2D eigenvalue weighted by atomic mass is 35.5. The van der Waals surface area contributed by atoms with E-state index in [-0.39, 0.29) is 5.25 Å². The summed E-state index contributed by atoms with van der Waals surface area (Å²) in [6.45, 7) is 0. The highest BCUT2D eigenvalue weighted by molar-refractivity contribution is 8.00. The largest absolute Gasteiger partial charge is 0.298 e. The topological polar surface area (TPSA) is 58.6 Å². The van der Waals surface area contributed by atoms with Gasteiger partial charge in [0.05, 0.1) is 5.25 Å². The number of halogens is 1. The molecule has 1 atom stereocenters. The number of aromatic amines is 1. The standard InChI is InChI=1S/C14H14ClN3OS/c15-10-7-5-9(6-8-10)13-16-14(18-17-13)20-12-4-2-1-3-11(12)19/h5-8,12H,1-4H2,(H,16,17,18). The first-order valence-electron chi connectivity index (χ1n) is 6.60.